The highest BCUT2D eigenvalue weighted by atomic mass is 15.7. The number of nitrogens with two attached hydrogens (primary N) is 2. The molecule has 2 rings (SSSR count). The zero-order valence-corrected chi connectivity index (χ0v) is 13.0. The molecule has 0 radical (unpaired) electrons. The first kappa shape index (κ1) is 16.2. The summed E-state index contributed by atoms with van der Waals surface area (Å²) in [6.45, 7) is 0. The summed E-state index contributed by atoms with van der Waals surface area (Å²) in [5, 5.41) is 1.35. The fourth-order valence-electron chi connectivity index (χ4n) is 2.29. The first-order chi connectivity index (χ1) is 10.6. The van der Waals surface area contributed by atoms with Gasteiger partial charge in [0.15, 0.2) is 0 Å². The van der Waals surface area contributed by atoms with Gasteiger partial charge in [-0.1, -0.05) is 54.6 Å². The molecule has 0 bridgehead atoms. The van der Waals surface area contributed by atoms with Crippen molar-refractivity contribution in [3.05, 3.63) is 60.2 Å². The van der Waals surface area contributed by atoms with Crippen LogP contribution in [0.5, 0.6) is 0 Å². The summed E-state index contributed by atoms with van der Waals surface area (Å²) in [6.07, 6.45) is 0.697. The Bertz CT molecular complexity index is 605. The minimum atomic E-state index is -0.224. The van der Waals surface area contributed by atoms with E-state index in [4.69, 9.17) is 11.6 Å². The molecule has 0 heterocycles. The van der Waals surface area contributed by atoms with E-state index in [0.29, 0.717) is 12.3 Å². The number of hydrazine groups is 2. The molecule has 0 aliphatic rings. The molecule has 0 spiro atoms. The maximum absolute atomic E-state index is 6.18. The summed E-state index contributed by atoms with van der Waals surface area (Å²) < 4.78 is 0. The number of nitrogens with one attached hydrogen (secondary N) is 1. The second kappa shape index (κ2) is 7.70. The summed E-state index contributed by atoms with van der Waals surface area (Å²) in [5.41, 5.74) is 12.7. The molecule has 5 N–H and O–H groups in total. The molecule has 0 saturated carbocycles. The van der Waals surface area contributed by atoms with Crippen molar-refractivity contribution in [2.45, 2.75) is 12.5 Å². The van der Waals surface area contributed by atoms with E-state index in [0.717, 1.165) is 5.56 Å². The van der Waals surface area contributed by atoms with E-state index in [1.807, 2.05) is 18.2 Å². The number of hydrogen-bond donors (Lipinski definition) is 3. The summed E-state index contributed by atoms with van der Waals surface area (Å²) in [4.78, 5) is 4.15. The van der Waals surface area contributed by atoms with Gasteiger partial charge in [0, 0.05) is 14.1 Å². The maximum atomic E-state index is 6.18. The van der Waals surface area contributed by atoms with Crippen LogP contribution in [0.15, 0.2) is 59.6 Å². The molecule has 2 aromatic carbocycles. The van der Waals surface area contributed by atoms with Gasteiger partial charge in [0.2, 0.25) is 0 Å². The zero-order valence-electron chi connectivity index (χ0n) is 13.0. The molecule has 0 aliphatic carbocycles. The Morgan fingerprint density at radius 1 is 1.09 bits per heavy atom. The van der Waals surface area contributed by atoms with Crippen LogP contribution in [0.1, 0.15) is 5.56 Å². The molecule has 1 unspecified atom stereocenters. The van der Waals surface area contributed by atoms with E-state index >= 15 is 0 Å². The molecule has 0 fully saturated rings. The largest absolute Gasteiger partial charge is 0.321 e. The third kappa shape index (κ3) is 4.39. The van der Waals surface area contributed by atoms with Crippen LogP contribution in [-0.4, -0.2) is 31.1 Å². The smallest absolute Gasteiger partial charge is 0.129 e. The van der Waals surface area contributed by atoms with Gasteiger partial charge in [-0.25, -0.2) is 0 Å². The highest BCUT2D eigenvalue weighted by Gasteiger charge is 2.12. The highest BCUT2D eigenvalue weighted by Crippen LogP contribution is 2.19. The number of aliphatic imine (C=N–C) groups is 1. The minimum absolute atomic E-state index is 0.224. The van der Waals surface area contributed by atoms with Crippen LogP contribution >= 0.6 is 0 Å². The van der Waals surface area contributed by atoms with E-state index in [2.05, 4.69) is 46.8 Å². The third-order valence-corrected chi connectivity index (χ3v) is 3.40. The third-order valence-electron chi connectivity index (χ3n) is 3.40. The second-order valence-electron chi connectivity index (χ2n) is 5.21. The summed E-state index contributed by atoms with van der Waals surface area (Å²) in [6, 6.07) is 18.5. The van der Waals surface area contributed by atoms with Crippen LogP contribution in [0, 0.1) is 0 Å². The Hall–Kier alpha value is -2.21. The van der Waals surface area contributed by atoms with E-state index < -0.39 is 0 Å². The standard InChI is InChI=1S/C17H23N5/c1-20-17(21-22(2)19)16(18)12-13-8-10-15(11-9-13)14-6-4-3-5-7-14/h3-11,16H,12,18-19H2,1-2H3,(H,20,21). The molecule has 2 aromatic rings. The van der Waals surface area contributed by atoms with Crippen LogP contribution in [0.2, 0.25) is 0 Å². The number of nitrogens with zero attached hydrogens (tertiary/aromatic N) is 2. The Kier molecular flexibility index (Phi) is 5.66. The Morgan fingerprint density at radius 3 is 2.23 bits per heavy atom. The van der Waals surface area contributed by atoms with Crippen molar-refractivity contribution in [1.82, 2.24) is 10.5 Å². The van der Waals surface area contributed by atoms with E-state index in [1.165, 1.54) is 16.2 Å². The number of amidine groups is 1. The van der Waals surface area contributed by atoms with Crippen LogP contribution in [0.4, 0.5) is 0 Å². The summed E-state index contributed by atoms with van der Waals surface area (Å²) in [7, 11) is 3.40. The van der Waals surface area contributed by atoms with E-state index in [1.54, 1.807) is 14.1 Å². The fraction of sp³-hybridized carbons (Fsp3) is 0.235. The van der Waals surface area contributed by atoms with Crippen LogP contribution in [-0.2, 0) is 6.42 Å². The molecule has 1 atom stereocenters. The van der Waals surface area contributed by atoms with Gasteiger partial charge < -0.3 is 5.73 Å². The normalized spacial score (nSPS) is 13.2. The monoisotopic (exact) mass is 297 g/mol. The predicted molar refractivity (Wildman–Crippen MR) is 92.0 cm³/mol. The second-order valence-corrected chi connectivity index (χ2v) is 5.21. The SMILES string of the molecule is CN=C(NN(C)N)C(N)Cc1ccc(-c2ccccc2)cc1. The molecule has 0 saturated heterocycles. The lowest BCUT2D eigenvalue weighted by atomic mass is 10.0. The van der Waals surface area contributed by atoms with Gasteiger partial charge in [-0.05, 0) is 23.1 Å². The van der Waals surface area contributed by atoms with Gasteiger partial charge in [-0.3, -0.25) is 16.3 Å². The molecule has 5 nitrogen and oxygen atoms in total. The van der Waals surface area contributed by atoms with Crippen molar-refractivity contribution < 1.29 is 0 Å². The van der Waals surface area contributed by atoms with Gasteiger partial charge in [0.25, 0.3) is 0 Å². The predicted octanol–water partition coefficient (Wildman–Crippen LogP) is 1.56. The lowest BCUT2D eigenvalue weighted by Crippen LogP contribution is -2.51. The highest BCUT2D eigenvalue weighted by molar-refractivity contribution is 5.87. The topological polar surface area (TPSA) is 79.7 Å². The molecule has 22 heavy (non-hydrogen) atoms. The fourth-order valence-corrected chi connectivity index (χ4v) is 2.29. The maximum Gasteiger partial charge on any atom is 0.129 e. The zero-order chi connectivity index (χ0) is 15.9. The van der Waals surface area contributed by atoms with Gasteiger partial charge in [-0.2, -0.15) is 5.12 Å². The summed E-state index contributed by atoms with van der Waals surface area (Å²) in [5.74, 6) is 6.23. The van der Waals surface area contributed by atoms with Crippen molar-refractivity contribution in [2.75, 3.05) is 14.1 Å². The van der Waals surface area contributed by atoms with Gasteiger partial charge in [0.05, 0.1) is 6.04 Å². The van der Waals surface area contributed by atoms with Crippen LogP contribution in [0.25, 0.3) is 11.1 Å². The number of hydrogen-bond acceptors (Lipinski definition) is 4. The quantitative estimate of drug-likeness (QED) is 0.339. The van der Waals surface area contributed by atoms with Crippen molar-refractivity contribution in [2.24, 2.45) is 16.6 Å². The number of benzene rings is 2. The molecule has 0 aromatic heterocycles. The van der Waals surface area contributed by atoms with Gasteiger partial charge in [-0.15, -0.1) is 0 Å². The Morgan fingerprint density at radius 2 is 1.68 bits per heavy atom. The lowest BCUT2D eigenvalue weighted by Gasteiger charge is -2.20. The molecule has 116 valence electrons. The van der Waals surface area contributed by atoms with E-state index in [9.17, 15) is 0 Å². The van der Waals surface area contributed by atoms with Crippen molar-refractivity contribution in [3.63, 3.8) is 0 Å². The van der Waals surface area contributed by atoms with Gasteiger partial charge in [0.1, 0.15) is 5.84 Å². The minimum Gasteiger partial charge on any atom is -0.321 e. The average molecular weight is 297 g/mol. The van der Waals surface area contributed by atoms with Crippen LogP contribution < -0.4 is 17.0 Å². The van der Waals surface area contributed by atoms with Crippen molar-refractivity contribution in [1.29, 1.82) is 0 Å². The summed E-state index contributed by atoms with van der Waals surface area (Å²) >= 11 is 0. The van der Waals surface area contributed by atoms with E-state index in [-0.39, 0.29) is 6.04 Å². The molecular weight excluding hydrogens is 274 g/mol. The van der Waals surface area contributed by atoms with Gasteiger partial charge >= 0.3 is 0 Å². The lowest BCUT2D eigenvalue weighted by molar-refractivity contribution is 0.300. The first-order valence-corrected chi connectivity index (χ1v) is 7.22. The molecule has 0 aliphatic heterocycles. The first-order valence-electron chi connectivity index (χ1n) is 7.22. The van der Waals surface area contributed by atoms with Crippen LogP contribution in [0.3, 0.4) is 0 Å². The van der Waals surface area contributed by atoms with Crippen molar-refractivity contribution >= 4 is 5.84 Å². The Labute approximate surface area is 131 Å². The molecule has 5 heteroatoms. The molecular formula is C17H23N5. The van der Waals surface area contributed by atoms with Crippen molar-refractivity contribution in [3.8, 4) is 11.1 Å². The number of rotatable bonds is 5. The molecule has 0 amide bonds. The average Bonchev–Trinajstić information content (AvgIpc) is 2.54. The Balaban J connectivity index is 2.05.